The summed E-state index contributed by atoms with van der Waals surface area (Å²) >= 11 is 13.0. The van der Waals surface area contributed by atoms with E-state index in [0.29, 0.717) is 10.0 Å². The third-order valence-corrected chi connectivity index (χ3v) is 10.2. The highest BCUT2D eigenvalue weighted by Crippen LogP contribution is 2.58. The van der Waals surface area contributed by atoms with Crippen molar-refractivity contribution >= 4 is 46.4 Å². The van der Waals surface area contributed by atoms with Crippen LogP contribution in [0.2, 0.25) is 10.0 Å². The van der Waals surface area contributed by atoms with Gasteiger partial charge in [-0.2, -0.15) is 0 Å². The van der Waals surface area contributed by atoms with Crippen molar-refractivity contribution < 1.29 is 0 Å². The Bertz CT molecular complexity index is 951. The molecule has 0 amide bonds. The van der Waals surface area contributed by atoms with E-state index in [2.05, 4.69) is 97.1 Å². The molecule has 28 heavy (non-hydrogen) atoms. The molecule has 0 spiro atoms. The van der Waals surface area contributed by atoms with Gasteiger partial charge in [-0.1, -0.05) is 89.9 Å². The van der Waals surface area contributed by atoms with E-state index in [4.69, 9.17) is 23.2 Å². The smallest absolute Gasteiger partial charge is 0.0827 e. The summed E-state index contributed by atoms with van der Waals surface area (Å²) in [5.41, 5.74) is 1.08. The first-order chi connectivity index (χ1) is 13.7. The Balaban J connectivity index is 2.02. The third kappa shape index (κ3) is 3.61. The average molecular weight is 422 g/mol. The van der Waals surface area contributed by atoms with Gasteiger partial charge in [0.05, 0.1) is 16.2 Å². The van der Waals surface area contributed by atoms with Crippen molar-refractivity contribution in [3.05, 3.63) is 125 Å². The SMILES string of the molecule is Clc1cccc(C[P+](c2ccccc2)(c2ccccc2)c2ccccc2)c1Cl. The molecule has 0 bridgehead atoms. The largest absolute Gasteiger partial charge is 0.116 e. The maximum absolute atomic E-state index is 6.65. The van der Waals surface area contributed by atoms with Gasteiger partial charge in [-0.3, -0.25) is 0 Å². The minimum absolute atomic E-state index is 0.603. The van der Waals surface area contributed by atoms with Crippen molar-refractivity contribution in [2.24, 2.45) is 0 Å². The van der Waals surface area contributed by atoms with Crippen LogP contribution >= 0.6 is 30.5 Å². The molecule has 0 unspecified atom stereocenters. The minimum atomic E-state index is -1.97. The van der Waals surface area contributed by atoms with Crippen LogP contribution < -0.4 is 15.9 Å². The van der Waals surface area contributed by atoms with E-state index in [1.807, 2.05) is 12.1 Å². The predicted octanol–water partition coefficient (Wildman–Crippen LogP) is 6.49. The van der Waals surface area contributed by atoms with Crippen LogP contribution in [0.1, 0.15) is 5.56 Å². The van der Waals surface area contributed by atoms with Crippen LogP contribution in [0.3, 0.4) is 0 Å². The molecule has 0 N–H and O–H groups in total. The summed E-state index contributed by atoms with van der Waals surface area (Å²) in [4.78, 5) is 0. The molecule has 4 rings (SSSR count). The lowest BCUT2D eigenvalue weighted by atomic mass is 10.2. The molecule has 0 aliphatic carbocycles. The molecule has 0 fully saturated rings. The lowest BCUT2D eigenvalue weighted by molar-refractivity contribution is 1.39. The van der Waals surface area contributed by atoms with E-state index >= 15 is 0 Å². The first-order valence-electron chi connectivity index (χ1n) is 9.19. The van der Waals surface area contributed by atoms with Crippen LogP contribution in [-0.4, -0.2) is 0 Å². The molecule has 0 nitrogen and oxygen atoms in total. The van der Waals surface area contributed by atoms with Crippen molar-refractivity contribution in [3.63, 3.8) is 0 Å². The highest BCUT2D eigenvalue weighted by atomic mass is 35.5. The molecule has 0 aliphatic rings. The van der Waals surface area contributed by atoms with Gasteiger partial charge in [-0.25, -0.2) is 0 Å². The Morgan fingerprint density at radius 2 is 0.929 bits per heavy atom. The number of rotatable bonds is 5. The molecular formula is C25H20Cl2P+. The molecule has 0 saturated carbocycles. The second-order valence-electron chi connectivity index (χ2n) is 6.69. The fourth-order valence-corrected chi connectivity index (χ4v) is 8.43. The van der Waals surface area contributed by atoms with Gasteiger partial charge < -0.3 is 0 Å². The molecular weight excluding hydrogens is 402 g/mol. The van der Waals surface area contributed by atoms with Gasteiger partial charge in [0, 0.05) is 5.56 Å². The van der Waals surface area contributed by atoms with Crippen LogP contribution in [0.5, 0.6) is 0 Å². The van der Waals surface area contributed by atoms with Gasteiger partial charge in [0.15, 0.2) is 0 Å². The highest BCUT2D eigenvalue weighted by Gasteiger charge is 2.45. The summed E-state index contributed by atoms with van der Waals surface area (Å²) in [6.45, 7) is 0. The van der Waals surface area contributed by atoms with E-state index in [9.17, 15) is 0 Å². The van der Waals surface area contributed by atoms with Gasteiger partial charge in [-0.15, -0.1) is 0 Å². The fourth-order valence-electron chi connectivity index (χ4n) is 3.69. The molecule has 0 aliphatic heterocycles. The van der Waals surface area contributed by atoms with E-state index in [0.717, 1.165) is 11.7 Å². The van der Waals surface area contributed by atoms with Crippen LogP contribution in [0, 0.1) is 0 Å². The van der Waals surface area contributed by atoms with Gasteiger partial charge in [0.1, 0.15) is 23.2 Å². The molecule has 3 heteroatoms. The Hall–Kier alpha value is -2.11. The van der Waals surface area contributed by atoms with Crippen LogP contribution in [-0.2, 0) is 6.16 Å². The summed E-state index contributed by atoms with van der Waals surface area (Å²) in [7, 11) is -1.97. The summed E-state index contributed by atoms with van der Waals surface area (Å²) in [6.07, 6.45) is 0.824. The third-order valence-electron chi connectivity index (χ3n) is 5.03. The van der Waals surface area contributed by atoms with E-state index < -0.39 is 7.26 Å². The highest BCUT2D eigenvalue weighted by molar-refractivity contribution is 7.95. The number of benzene rings is 4. The Labute approximate surface area is 177 Å². The molecule has 4 aromatic rings. The fraction of sp³-hybridized carbons (Fsp3) is 0.0400. The first-order valence-corrected chi connectivity index (χ1v) is 11.9. The van der Waals surface area contributed by atoms with Crippen molar-refractivity contribution in [3.8, 4) is 0 Å². The van der Waals surface area contributed by atoms with Crippen molar-refractivity contribution in [1.29, 1.82) is 0 Å². The van der Waals surface area contributed by atoms with Crippen LogP contribution in [0.4, 0.5) is 0 Å². The minimum Gasteiger partial charge on any atom is -0.0827 e. The molecule has 0 heterocycles. The topological polar surface area (TPSA) is 0 Å². The molecule has 0 radical (unpaired) electrons. The summed E-state index contributed by atoms with van der Waals surface area (Å²) in [5, 5.41) is 5.26. The van der Waals surface area contributed by atoms with Gasteiger partial charge >= 0.3 is 0 Å². The Kier molecular flexibility index (Phi) is 5.83. The zero-order chi connectivity index (χ0) is 19.4. The Morgan fingerprint density at radius 3 is 1.36 bits per heavy atom. The van der Waals surface area contributed by atoms with E-state index in [1.165, 1.54) is 15.9 Å². The molecule has 138 valence electrons. The molecule has 0 saturated heterocycles. The summed E-state index contributed by atoms with van der Waals surface area (Å²) in [6, 6.07) is 38.3. The predicted molar refractivity (Wildman–Crippen MR) is 125 cm³/mol. The Morgan fingerprint density at radius 1 is 0.500 bits per heavy atom. The van der Waals surface area contributed by atoms with E-state index in [1.54, 1.807) is 0 Å². The standard InChI is InChI=1S/C25H20Cl2P/c26-24-18-10-11-20(25(24)27)19-28(21-12-4-1-5-13-21,22-14-6-2-7-15-22)23-16-8-3-9-17-23/h1-18H,19H2/q+1. The normalized spacial score (nSPS) is 11.4. The lowest BCUT2D eigenvalue weighted by Crippen LogP contribution is -2.32. The maximum Gasteiger partial charge on any atom is 0.116 e. The molecule has 4 aromatic carbocycles. The van der Waals surface area contributed by atoms with Crippen LogP contribution in [0.25, 0.3) is 0 Å². The van der Waals surface area contributed by atoms with Crippen LogP contribution in [0.15, 0.2) is 109 Å². The zero-order valence-corrected chi connectivity index (χ0v) is 17.7. The second-order valence-corrected chi connectivity index (χ2v) is 11.0. The van der Waals surface area contributed by atoms with Crippen molar-refractivity contribution in [2.45, 2.75) is 6.16 Å². The van der Waals surface area contributed by atoms with E-state index in [-0.39, 0.29) is 0 Å². The van der Waals surface area contributed by atoms with Gasteiger partial charge in [0.25, 0.3) is 0 Å². The molecule has 0 aromatic heterocycles. The van der Waals surface area contributed by atoms with Gasteiger partial charge in [0.2, 0.25) is 0 Å². The monoisotopic (exact) mass is 421 g/mol. The summed E-state index contributed by atoms with van der Waals surface area (Å²) < 4.78 is 0. The second kappa shape index (κ2) is 8.50. The number of hydrogen-bond acceptors (Lipinski definition) is 0. The van der Waals surface area contributed by atoms with Crippen molar-refractivity contribution in [1.82, 2.24) is 0 Å². The average Bonchev–Trinajstić information content (AvgIpc) is 2.77. The van der Waals surface area contributed by atoms with Gasteiger partial charge in [-0.05, 0) is 42.5 Å². The molecule has 0 atom stereocenters. The quantitative estimate of drug-likeness (QED) is 0.323. The lowest BCUT2D eigenvalue weighted by Gasteiger charge is -2.28. The maximum atomic E-state index is 6.65. The number of hydrogen-bond donors (Lipinski definition) is 0. The summed E-state index contributed by atoms with van der Waals surface area (Å²) in [5.74, 6) is 0. The number of halogens is 2. The van der Waals surface area contributed by atoms with Crippen molar-refractivity contribution in [2.75, 3.05) is 0 Å². The zero-order valence-electron chi connectivity index (χ0n) is 15.3. The first kappa shape index (κ1) is 19.2.